The molecule has 1 aromatic carbocycles. The van der Waals surface area contributed by atoms with Crippen molar-refractivity contribution in [2.45, 2.75) is 18.8 Å². The number of carbonyl (C=O) groups is 1. The number of amides is 1. The van der Waals surface area contributed by atoms with Gasteiger partial charge in [0, 0.05) is 32.0 Å². The second-order valence-electron chi connectivity index (χ2n) is 7.01. The Morgan fingerprint density at radius 3 is 2.64 bits per heavy atom. The molecule has 4 rings (SSSR count). The van der Waals surface area contributed by atoms with Crippen LogP contribution in [-0.2, 0) is 21.4 Å². The summed E-state index contributed by atoms with van der Waals surface area (Å²) in [6.07, 6.45) is 2.56. The van der Waals surface area contributed by atoms with Crippen LogP contribution in [0.1, 0.15) is 18.1 Å². The highest BCUT2D eigenvalue weighted by molar-refractivity contribution is 6.07. The van der Waals surface area contributed by atoms with Gasteiger partial charge in [-0.05, 0) is 36.6 Å². The lowest BCUT2D eigenvalue weighted by Gasteiger charge is -2.28. The fourth-order valence-corrected chi connectivity index (χ4v) is 3.91. The van der Waals surface area contributed by atoms with Gasteiger partial charge in [0.1, 0.15) is 5.82 Å². The molecule has 0 spiro atoms. The summed E-state index contributed by atoms with van der Waals surface area (Å²) in [7, 11) is 1.85. The van der Waals surface area contributed by atoms with Crippen molar-refractivity contribution in [3.63, 3.8) is 0 Å². The summed E-state index contributed by atoms with van der Waals surface area (Å²) >= 11 is 0. The van der Waals surface area contributed by atoms with Crippen molar-refractivity contribution < 1.29 is 9.53 Å². The Labute approximate surface area is 148 Å². The maximum atomic E-state index is 12.9. The zero-order valence-corrected chi connectivity index (χ0v) is 14.7. The number of rotatable bonds is 3. The number of anilines is 2. The molecule has 25 heavy (non-hydrogen) atoms. The minimum Gasteiger partial charge on any atom is -0.378 e. The number of pyridine rings is 1. The van der Waals surface area contributed by atoms with Crippen LogP contribution in [0, 0.1) is 0 Å². The molecule has 1 atom stereocenters. The highest BCUT2D eigenvalue weighted by Gasteiger charge is 2.45. The van der Waals surface area contributed by atoms with Crippen molar-refractivity contribution in [3.8, 4) is 0 Å². The molecule has 2 aliphatic rings. The lowest BCUT2D eigenvalue weighted by Crippen LogP contribution is -2.38. The largest absolute Gasteiger partial charge is 0.378 e. The first-order valence-electron chi connectivity index (χ1n) is 8.75. The Morgan fingerprint density at radius 2 is 1.92 bits per heavy atom. The fraction of sp³-hybridized carbons (Fsp3) is 0.400. The van der Waals surface area contributed by atoms with E-state index in [1.165, 1.54) is 0 Å². The number of ether oxygens (including phenoxy) is 1. The first-order valence-corrected chi connectivity index (χ1v) is 8.75. The smallest absolute Gasteiger partial charge is 0.237 e. The van der Waals surface area contributed by atoms with E-state index in [2.05, 4.69) is 28.1 Å². The molecule has 0 bridgehead atoms. The van der Waals surface area contributed by atoms with E-state index in [-0.39, 0.29) is 5.91 Å². The average molecular weight is 337 g/mol. The topological polar surface area (TPSA) is 45.7 Å². The molecule has 3 heterocycles. The monoisotopic (exact) mass is 337 g/mol. The van der Waals surface area contributed by atoms with Crippen LogP contribution in [0.4, 0.5) is 11.5 Å². The molecule has 5 nitrogen and oxygen atoms in total. The third kappa shape index (κ3) is 2.68. The molecule has 2 aliphatic heterocycles. The van der Waals surface area contributed by atoms with E-state index in [0.29, 0.717) is 6.42 Å². The van der Waals surface area contributed by atoms with Crippen LogP contribution in [0.5, 0.6) is 0 Å². The molecule has 5 heteroatoms. The number of likely N-dealkylation sites (N-methyl/N-ethyl adjacent to an activating group) is 1. The van der Waals surface area contributed by atoms with Gasteiger partial charge in [-0.1, -0.05) is 24.3 Å². The Balaban J connectivity index is 1.58. The Bertz CT molecular complexity index is 784. The minimum absolute atomic E-state index is 0.144. The van der Waals surface area contributed by atoms with E-state index in [1.807, 2.05) is 38.4 Å². The number of hydrogen-bond acceptors (Lipinski definition) is 4. The number of hydrogen-bond donors (Lipinski definition) is 0. The molecule has 0 N–H and O–H groups in total. The number of nitrogens with zero attached hydrogens (tertiary/aromatic N) is 3. The minimum atomic E-state index is -0.534. The zero-order valence-electron chi connectivity index (χ0n) is 14.7. The lowest BCUT2D eigenvalue weighted by atomic mass is 9.78. The van der Waals surface area contributed by atoms with Crippen LogP contribution < -0.4 is 9.80 Å². The highest BCUT2D eigenvalue weighted by Crippen LogP contribution is 2.42. The summed E-state index contributed by atoms with van der Waals surface area (Å²) in [5.74, 6) is 1.12. The molecule has 130 valence electrons. The molecule has 1 amide bonds. The summed E-state index contributed by atoms with van der Waals surface area (Å²) in [4.78, 5) is 21.5. The van der Waals surface area contributed by atoms with Crippen molar-refractivity contribution in [2.75, 3.05) is 43.2 Å². The predicted octanol–water partition coefficient (Wildman–Crippen LogP) is 2.39. The first-order chi connectivity index (χ1) is 12.1. The molecule has 2 aromatic rings. The molecule has 1 aromatic heterocycles. The van der Waals surface area contributed by atoms with Crippen LogP contribution in [-0.4, -0.2) is 44.2 Å². The van der Waals surface area contributed by atoms with E-state index in [0.717, 1.165) is 48.9 Å². The molecule has 0 saturated carbocycles. The summed E-state index contributed by atoms with van der Waals surface area (Å²) in [5, 5.41) is 0. The quantitative estimate of drug-likeness (QED) is 0.863. The van der Waals surface area contributed by atoms with E-state index >= 15 is 0 Å². The maximum Gasteiger partial charge on any atom is 0.237 e. The van der Waals surface area contributed by atoms with Gasteiger partial charge in [-0.3, -0.25) is 4.79 Å². The Morgan fingerprint density at radius 1 is 1.16 bits per heavy atom. The Kier molecular flexibility index (Phi) is 3.96. The van der Waals surface area contributed by atoms with Crippen molar-refractivity contribution >= 4 is 17.4 Å². The van der Waals surface area contributed by atoms with Gasteiger partial charge in [0.05, 0.1) is 18.6 Å². The number of para-hydroxylation sites is 1. The van der Waals surface area contributed by atoms with Crippen molar-refractivity contribution in [1.82, 2.24) is 4.98 Å². The molecule has 1 saturated heterocycles. The van der Waals surface area contributed by atoms with E-state index in [9.17, 15) is 4.79 Å². The van der Waals surface area contributed by atoms with Crippen LogP contribution >= 0.6 is 0 Å². The summed E-state index contributed by atoms with van der Waals surface area (Å²) in [5.41, 5.74) is 2.65. The van der Waals surface area contributed by atoms with Crippen LogP contribution in [0.2, 0.25) is 0 Å². The third-order valence-electron chi connectivity index (χ3n) is 5.34. The standard InChI is InChI=1S/C20H23N3O2/c1-20(16-5-3-4-6-17(16)22(2)19(20)24)13-15-7-8-18(21-14-15)23-9-11-25-12-10-23/h3-8,14H,9-13H2,1-2H3/t20-/m1/s1. The number of benzene rings is 1. The van der Waals surface area contributed by atoms with E-state index < -0.39 is 5.41 Å². The lowest BCUT2D eigenvalue weighted by molar-refractivity contribution is -0.122. The molecular weight excluding hydrogens is 314 g/mol. The summed E-state index contributed by atoms with van der Waals surface area (Å²) in [6, 6.07) is 12.2. The number of aromatic nitrogens is 1. The van der Waals surface area contributed by atoms with Crippen LogP contribution in [0.3, 0.4) is 0 Å². The second-order valence-corrected chi connectivity index (χ2v) is 7.01. The molecule has 0 aliphatic carbocycles. The normalized spacial score (nSPS) is 23.0. The molecule has 0 radical (unpaired) electrons. The van der Waals surface area contributed by atoms with Crippen molar-refractivity contribution in [3.05, 3.63) is 53.7 Å². The van der Waals surface area contributed by atoms with Crippen LogP contribution in [0.25, 0.3) is 0 Å². The van der Waals surface area contributed by atoms with Crippen LogP contribution in [0.15, 0.2) is 42.6 Å². The molecule has 1 fully saturated rings. The fourth-order valence-electron chi connectivity index (χ4n) is 3.91. The van der Waals surface area contributed by atoms with Gasteiger partial charge in [-0.15, -0.1) is 0 Å². The summed E-state index contributed by atoms with van der Waals surface area (Å²) < 4.78 is 5.39. The third-order valence-corrected chi connectivity index (χ3v) is 5.34. The number of morpholine rings is 1. The van der Waals surface area contributed by atoms with E-state index in [4.69, 9.17) is 4.74 Å². The molecule has 0 unspecified atom stereocenters. The van der Waals surface area contributed by atoms with Gasteiger partial charge in [-0.25, -0.2) is 4.98 Å². The maximum absolute atomic E-state index is 12.9. The van der Waals surface area contributed by atoms with Gasteiger partial charge in [0.25, 0.3) is 0 Å². The number of fused-ring (bicyclic) bond motifs is 1. The number of carbonyl (C=O) groups excluding carboxylic acids is 1. The Hall–Kier alpha value is -2.40. The van der Waals surface area contributed by atoms with Gasteiger partial charge in [0.2, 0.25) is 5.91 Å². The van der Waals surface area contributed by atoms with Gasteiger partial charge in [-0.2, -0.15) is 0 Å². The van der Waals surface area contributed by atoms with Crippen molar-refractivity contribution in [2.24, 2.45) is 0 Å². The summed E-state index contributed by atoms with van der Waals surface area (Å²) in [6.45, 7) is 5.28. The van der Waals surface area contributed by atoms with Crippen molar-refractivity contribution in [1.29, 1.82) is 0 Å². The predicted molar refractivity (Wildman–Crippen MR) is 98.2 cm³/mol. The molecular formula is C20H23N3O2. The van der Waals surface area contributed by atoms with E-state index in [1.54, 1.807) is 4.90 Å². The average Bonchev–Trinajstić information content (AvgIpc) is 2.85. The van der Waals surface area contributed by atoms with Gasteiger partial charge < -0.3 is 14.5 Å². The first kappa shape index (κ1) is 16.1. The van der Waals surface area contributed by atoms with Gasteiger partial charge in [0.15, 0.2) is 0 Å². The zero-order chi connectivity index (χ0) is 17.4. The van der Waals surface area contributed by atoms with Gasteiger partial charge >= 0.3 is 0 Å². The second kappa shape index (κ2) is 6.15. The highest BCUT2D eigenvalue weighted by atomic mass is 16.5. The SMILES string of the molecule is CN1C(=O)[C@](C)(Cc2ccc(N3CCOCC3)nc2)c2ccccc21.